The summed E-state index contributed by atoms with van der Waals surface area (Å²) < 4.78 is 17.4. The van der Waals surface area contributed by atoms with Crippen LogP contribution in [0.1, 0.15) is 98.5 Å². The molecule has 3 heterocycles. The summed E-state index contributed by atoms with van der Waals surface area (Å²) in [7, 11) is 1.64. The Morgan fingerprint density at radius 1 is 1.10 bits per heavy atom. The van der Waals surface area contributed by atoms with Crippen molar-refractivity contribution in [3.63, 3.8) is 0 Å². The number of azide groups is 1. The Balaban J connectivity index is 1.21. The predicted molar refractivity (Wildman–Crippen MR) is 203 cm³/mol. The number of piperidine rings is 1. The number of esters is 1. The lowest BCUT2D eigenvalue weighted by molar-refractivity contribution is -0.143. The van der Waals surface area contributed by atoms with E-state index in [1.807, 2.05) is 50.2 Å². The van der Waals surface area contributed by atoms with E-state index in [-0.39, 0.29) is 29.1 Å². The molecule has 11 nitrogen and oxygen atoms in total. The fraction of sp³-hybridized carbons (Fsp3) is 0.488. The first-order valence-electron chi connectivity index (χ1n) is 18.5. The van der Waals surface area contributed by atoms with Crippen molar-refractivity contribution in [2.24, 2.45) is 16.4 Å². The molecule has 1 saturated heterocycles. The Labute approximate surface area is 305 Å². The summed E-state index contributed by atoms with van der Waals surface area (Å²) in [6, 6.07) is 19.9. The molecule has 2 fully saturated rings. The number of hydrogen-bond acceptors (Lipinski definition) is 8. The molecule has 2 aliphatic rings. The summed E-state index contributed by atoms with van der Waals surface area (Å²) >= 11 is 0. The smallest absolute Gasteiger partial charge is 0.306 e. The van der Waals surface area contributed by atoms with Gasteiger partial charge in [-0.3, -0.25) is 14.5 Å². The predicted octanol–water partition coefficient (Wildman–Crippen LogP) is 9.35. The number of anilines is 2. The van der Waals surface area contributed by atoms with Crippen LogP contribution in [0.15, 0.2) is 70.2 Å². The van der Waals surface area contributed by atoms with Gasteiger partial charge >= 0.3 is 5.97 Å². The molecule has 0 radical (unpaired) electrons. The highest BCUT2D eigenvalue weighted by Crippen LogP contribution is 2.46. The third-order valence-corrected chi connectivity index (χ3v) is 10.5. The van der Waals surface area contributed by atoms with Gasteiger partial charge in [-0.15, -0.1) is 0 Å². The van der Waals surface area contributed by atoms with E-state index in [9.17, 15) is 9.59 Å². The number of rotatable bonds is 15. The van der Waals surface area contributed by atoms with Crippen molar-refractivity contribution in [3.05, 3.63) is 93.7 Å². The lowest BCUT2D eigenvalue weighted by atomic mass is 9.88. The second-order valence-corrected chi connectivity index (χ2v) is 14.9. The number of furan rings is 1. The van der Waals surface area contributed by atoms with Crippen molar-refractivity contribution in [1.82, 2.24) is 4.98 Å². The number of carbonyl (C=O) groups is 2. The van der Waals surface area contributed by atoms with E-state index >= 15 is 0 Å². The van der Waals surface area contributed by atoms with Crippen LogP contribution in [-0.2, 0) is 9.53 Å². The van der Waals surface area contributed by atoms with Gasteiger partial charge in [-0.05, 0) is 111 Å². The van der Waals surface area contributed by atoms with Gasteiger partial charge in [0.25, 0.3) is 5.91 Å². The number of ether oxygens (including phenoxy) is 2. The van der Waals surface area contributed by atoms with Crippen LogP contribution in [0.2, 0.25) is 0 Å². The molecule has 52 heavy (non-hydrogen) atoms. The molecule has 1 aliphatic heterocycles. The zero-order valence-corrected chi connectivity index (χ0v) is 31.0. The zero-order valence-electron chi connectivity index (χ0n) is 31.0. The fourth-order valence-electron chi connectivity index (χ4n) is 7.43. The quantitative estimate of drug-likeness (QED) is 0.0520. The van der Waals surface area contributed by atoms with Crippen molar-refractivity contribution < 1.29 is 23.5 Å². The third-order valence-electron chi connectivity index (χ3n) is 10.5. The van der Waals surface area contributed by atoms with Crippen molar-refractivity contribution in [2.45, 2.75) is 78.1 Å². The van der Waals surface area contributed by atoms with E-state index in [0.717, 1.165) is 72.4 Å². The number of benzene rings is 2. The number of hydrogen-bond donors (Lipinski definition) is 0. The molecule has 0 bridgehead atoms. The minimum absolute atomic E-state index is 0.141. The maximum Gasteiger partial charge on any atom is 0.306 e. The molecular formula is C41H50N6O5. The molecule has 0 N–H and O–H groups in total. The first kappa shape index (κ1) is 36.8. The SMILES string of the molecule is CCOC(=O)CC(c1ccc2cc(C3CCN(c4cc(OC)ccc4C(=O)N(CC(C)(C)CCN=[N+]=[N-])c4cccc(C)n4)CC3)oc2c1)C1CC1. The van der Waals surface area contributed by atoms with Crippen LogP contribution in [0.25, 0.3) is 21.4 Å². The van der Waals surface area contributed by atoms with Crippen molar-refractivity contribution in [1.29, 1.82) is 0 Å². The fourth-order valence-corrected chi connectivity index (χ4v) is 7.43. The van der Waals surface area contributed by atoms with Crippen molar-refractivity contribution in [3.8, 4) is 5.75 Å². The monoisotopic (exact) mass is 706 g/mol. The van der Waals surface area contributed by atoms with Gasteiger partial charge in [0.15, 0.2) is 0 Å². The molecule has 1 aliphatic carbocycles. The molecule has 6 rings (SSSR count). The van der Waals surface area contributed by atoms with E-state index in [4.69, 9.17) is 24.4 Å². The Hall–Kier alpha value is -5.02. The van der Waals surface area contributed by atoms with E-state index in [0.29, 0.717) is 55.6 Å². The van der Waals surface area contributed by atoms with Gasteiger partial charge in [0.2, 0.25) is 0 Å². The maximum atomic E-state index is 14.6. The highest BCUT2D eigenvalue weighted by molar-refractivity contribution is 6.09. The number of methoxy groups -OCH3 is 1. The minimum Gasteiger partial charge on any atom is -0.497 e. The topological polar surface area (TPSA) is 134 Å². The molecule has 2 aromatic carbocycles. The minimum atomic E-state index is -0.340. The molecule has 0 spiro atoms. The summed E-state index contributed by atoms with van der Waals surface area (Å²) in [4.78, 5) is 38.7. The molecule has 2 aromatic heterocycles. The van der Waals surface area contributed by atoms with Crippen LogP contribution in [0.4, 0.5) is 11.5 Å². The van der Waals surface area contributed by atoms with E-state index in [2.05, 4.69) is 53.0 Å². The highest BCUT2D eigenvalue weighted by atomic mass is 16.5. The Morgan fingerprint density at radius 2 is 1.88 bits per heavy atom. The average molecular weight is 707 g/mol. The standard InChI is InChI=1S/C41H50N6O5/c1-6-51-39(48)25-34(28-10-11-28)30-12-13-31-23-36(52-37(31)22-30)29-16-20-46(21-17-29)35-24-32(50-5)14-15-33(35)40(49)47(38-9-7-8-27(2)44-38)26-41(3,4)18-19-43-45-42/h7-9,12-15,22-24,28-29,34H,6,10-11,16-21,25-26H2,1-5H3. The zero-order chi connectivity index (χ0) is 36.8. The second kappa shape index (κ2) is 16.1. The van der Waals surface area contributed by atoms with Gasteiger partial charge in [0.1, 0.15) is 22.9 Å². The number of aromatic nitrogens is 1. The number of carbonyl (C=O) groups excluding carboxylic acids is 2. The van der Waals surface area contributed by atoms with E-state index in [1.54, 1.807) is 12.0 Å². The molecule has 4 aromatic rings. The van der Waals surface area contributed by atoms with Crippen LogP contribution >= 0.6 is 0 Å². The van der Waals surface area contributed by atoms with Gasteiger partial charge in [0, 0.05) is 54.2 Å². The van der Waals surface area contributed by atoms with E-state index < -0.39 is 0 Å². The van der Waals surface area contributed by atoms with Crippen molar-refractivity contribution in [2.75, 3.05) is 49.7 Å². The van der Waals surface area contributed by atoms with Gasteiger partial charge in [-0.2, -0.15) is 0 Å². The molecule has 1 saturated carbocycles. The molecule has 1 atom stereocenters. The van der Waals surface area contributed by atoms with Crippen LogP contribution in [0, 0.1) is 18.3 Å². The molecule has 1 amide bonds. The first-order chi connectivity index (χ1) is 25.1. The number of aryl methyl sites for hydroxylation is 1. The summed E-state index contributed by atoms with van der Waals surface area (Å²) in [6.45, 7) is 10.5. The van der Waals surface area contributed by atoms with Crippen LogP contribution in [-0.4, -0.2) is 56.8 Å². The second-order valence-electron chi connectivity index (χ2n) is 14.9. The van der Waals surface area contributed by atoms with Gasteiger partial charge in [0.05, 0.1) is 31.4 Å². The number of fused-ring (bicyclic) bond motifs is 1. The number of nitrogens with zero attached hydrogens (tertiary/aromatic N) is 6. The molecule has 1 unspecified atom stereocenters. The Kier molecular flexibility index (Phi) is 11.4. The van der Waals surface area contributed by atoms with Crippen molar-refractivity contribution >= 4 is 34.4 Å². The maximum absolute atomic E-state index is 14.6. The highest BCUT2D eigenvalue weighted by Gasteiger charge is 2.35. The number of amides is 1. The molecular weight excluding hydrogens is 656 g/mol. The van der Waals surface area contributed by atoms with Crippen LogP contribution in [0.5, 0.6) is 5.75 Å². The summed E-state index contributed by atoms with van der Waals surface area (Å²) in [5.41, 5.74) is 12.7. The summed E-state index contributed by atoms with van der Waals surface area (Å²) in [5, 5.41) is 4.81. The molecule has 274 valence electrons. The average Bonchev–Trinajstić information content (AvgIpc) is 3.90. The molecule has 11 heteroatoms. The lowest BCUT2D eigenvalue weighted by Gasteiger charge is -2.36. The Morgan fingerprint density at radius 3 is 2.58 bits per heavy atom. The first-order valence-corrected chi connectivity index (χ1v) is 18.5. The van der Waals surface area contributed by atoms with Gasteiger partial charge in [-0.1, -0.05) is 37.2 Å². The largest absolute Gasteiger partial charge is 0.497 e. The van der Waals surface area contributed by atoms with Gasteiger partial charge < -0.3 is 18.8 Å². The van der Waals surface area contributed by atoms with Gasteiger partial charge in [-0.25, -0.2) is 4.98 Å². The van der Waals surface area contributed by atoms with E-state index in [1.165, 1.54) is 0 Å². The lowest BCUT2D eigenvalue weighted by Crippen LogP contribution is -2.41. The summed E-state index contributed by atoms with van der Waals surface area (Å²) in [5.74, 6) is 2.87. The Bertz CT molecular complexity index is 1940. The summed E-state index contributed by atoms with van der Waals surface area (Å²) in [6.07, 6.45) is 5.03. The number of pyridine rings is 1. The normalized spacial score (nSPS) is 15.6. The third kappa shape index (κ3) is 8.70. The van der Waals surface area contributed by atoms with Crippen LogP contribution in [0.3, 0.4) is 0 Å². The van der Waals surface area contributed by atoms with Crippen LogP contribution < -0.4 is 14.5 Å².